The Morgan fingerprint density at radius 3 is 2.46 bits per heavy atom. The molecule has 0 radical (unpaired) electrons. The minimum atomic E-state index is -0.401. The number of hydrogen-bond donors (Lipinski definition) is 2. The van der Waals surface area contributed by atoms with Gasteiger partial charge in [0.2, 0.25) is 11.8 Å². The molecule has 1 aromatic carbocycles. The van der Waals surface area contributed by atoms with Gasteiger partial charge in [-0.15, -0.1) is 0 Å². The van der Waals surface area contributed by atoms with Crippen LogP contribution in [0.5, 0.6) is 0 Å². The quantitative estimate of drug-likeness (QED) is 0.850. The lowest BCUT2D eigenvalue weighted by atomic mass is 10.2. The van der Waals surface area contributed by atoms with Gasteiger partial charge >= 0.3 is 6.03 Å². The molecule has 2 aliphatic rings. The van der Waals surface area contributed by atoms with Gasteiger partial charge in [-0.2, -0.15) is 0 Å². The minimum Gasteiger partial charge on any atom is -0.344 e. The number of carbonyl (C=O) groups is 3. The van der Waals surface area contributed by atoms with E-state index in [1.807, 2.05) is 30.3 Å². The van der Waals surface area contributed by atoms with Crippen LogP contribution in [0.15, 0.2) is 30.3 Å². The molecule has 1 unspecified atom stereocenters. The van der Waals surface area contributed by atoms with Crippen molar-refractivity contribution in [1.29, 1.82) is 0 Å². The summed E-state index contributed by atoms with van der Waals surface area (Å²) in [7, 11) is 0. The van der Waals surface area contributed by atoms with E-state index in [4.69, 9.17) is 0 Å². The average molecular weight is 330 g/mol. The van der Waals surface area contributed by atoms with E-state index in [2.05, 4.69) is 10.6 Å². The molecule has 1 aromatic rings. The lowest BCUT2D eigenvalue weighted by molar-refractivity contribution is -0.134. The predicted octanol–water partition coefficient (Wildman–Crippen LogP) is 1.03. The lowest BCUT2D eigenvalue weighted by Gasteiger charge is -2.24. The molecule has 0 aromatic heterocycles. The highest BCUT2D eigenvalue weighted by atomic mass is 16.2. The zero-order valence-electron chi connectivity index (χ0n) is 13.5. The molecule has 7 heteroatoms. The number of rotatable bonds is 2. The van der Waals surface area contributed by atoms with Crippen molar-refractivity contribution >= 4 is 23.5 Å². The van der Waals surface area contributed by atoms with Gasteiger partial charge in [-0.25, -0.2) is 4.79 Å². The Kier molecular flexibility index (Phi) is 4.98. The molecule has 1 atom stereocenters. The number of hydrogen-bond acceptors (Lipinski definition) is 3. The molecule has 2 N–H and O–H groups in total. The van der Waals surface area contributed by atoms with Crippen LogP contribution in [0.25, 0.3) is 0 Å². The van der Waals surface area contributed by atoms with Crippen molar-refractivity contribution in [3.8, 4) is 0 Å². The molecule has 2 heterocycles. The number of anilines is 1. The van der Waals surface area contributed by atoms with Crippen molar-refractivity contribution < 1.29 is 14.4 Å². The molecule has 2 saturated heterocycles. The van der Waals surface area contributed by atoms with Crippen LogP contribution in [0.2, 0.25) is 0 Å². The highest BCUT2D eigenvalue weighted by Crippen LogP contribution is 2.13. The maximum atomic E-state index is 12.5. The Morgan fingerprint density at radius 1 is 1.04 bits per heavy atom. The molecule has 0 aliphatic carbocycles. The fourth-order valence-electron chi connectivity index (χ4n) is 3.08. The van der Waals surface area contributed by atoms with E-state index in [0.29, 0.717) is 39.0 Å². The summed E-state index contributed by atoms with van der Waals surface area (Å²) in [5.74, 6) is -0.0989. The molecule has 0 saturated carbocycles. The first-order valence-corrected chi connectivity index (χ1v) is 8.32. The summed E-state index contributed by atoms with van der Waals surface area (Å²) in [6.07, 6.45) is 1.71. The fraction of sp³-hybridized carbons (Fsp3) is 0.471. The van der Waals surface area contributed by atoms with E-state index in [0.717, 1.165) is 12.1 Å². The summed E-state index contributed by atoms with van der Waals surface area (Å²) in [6.45, 7) is 2.21. The van der Waals surface area contributed by atoms with Gasteiger partial charge in [0.25, 0.3) is 0 Å². The van der Waals surface area contributed by atoms with Gasteiger partial charge in [-0.1, -0.05) is 18.2 Å². The standard InChI is InChI=1S/C17H22N4O3/c22-15-8-7-14(19-15)16(23)20-9-4-10-21(12-11-20)17(24)18-13-5-2-1-3-6-13/h1-3,5-6,14H,4,7-12H2,(H,18,24)(H,19,22). The number of carbonyl (C=O) groups excluding carboxylic acids is 3. The van der Waals surface area contributed by atoms with Crippen LogP contribution in [-0.4, -0.2) is 59.9 Å². The first kappa shape index (κ1) is 16.3. The second-order valence-corrected chi connectivity index (χ2v) is 6.12. The summed E-state index contributed by atoms with van der Waals surface area (Å²) >= 11 is 0. The van der Waals surface area contributed by atoms with E-state index >= 15 is 0 Å². The minimum absolute atomic E-state index is 0.0360. The van der Waals surface area contributed by atoms with Gasteiger partial charge < -0.3 is 20.4 Å². The Labute approximate surface area is 141 Å². The number of nitrogens with one attached hydrogen (secondary N) is 2. The largest absolute Gasteiger partial charge is 0.344 e. The van der Waals surface area contributed by atoms with Gasteiger partial charge in [0.15, 0.2) is 0 Å². The lowest BCUT2D eigenvalue weighted by Crippen LogP contribution is -2.46. The average Bonchev–Trinajstić information content (AvgIpc) is 2.87. The van der Waals surface area contributed by atoms with Crippen LogP contribution in [0.3, 0.4) is 0 Å². The predicted molar refractivity (Wildman–Crippen MR) is 89.4 cm³/mol. The Bertz CT molecular complexity index is 620. The summed E-state index contributed by atoms with van der Waals surface area (Å²) < 4.78 is 0. The zero-order chi connectivity index (χ0) is 16.9. The van der Waals surface area contributed by atoms with Crippen molar-refractivity contribution in [2.45, 2.75) is 25.3 Å². The third kappa shape index (κ3) is 3.84. The zero-order valence-corrected chi connectivity index (χ0v) is 13.5. The molecule has 4 amide bonds. The van der Waals surface area contributed by atoms with Crippen LogP contribution < -0.4 is 10.6 Å². The third-order valence-corrected chi connectivity index (χ3v) is 4.41. The molecule has 2 fully saturated rings. The number of para-hydroxylation sites is 1. The second kappa shape index (κ2) is 7.33. The number of urea groups is 1. The van der Waals surface area contributed by atoms with E-state index in [-0.39, 0.29) is 17.8 Å². The van der Waals surface area contributed by atoms with Crippen molar-refractivity contribution in [2.75, 3.05) is 31.5 Å². The topological polar surface area (TPSA) is 81.8 Å². The normalized spacial score (nSPS) is 21.2. The Morgan fingerprint density at radius 2 is 1.75 bits per heavy atom. The highest BCUT2D eigenvalue weighted by Gasteiger charge is 2.32. The monoisotopic (exact) mass is 330 g/mol. The Hall–Kier alpha value is -2.57. The van der Waals surface area contributed by atoms with Crippen LogP contribution in [0.1, 0.15) is 19.3 Å². The van der Waals surface area contributed by atoms with Crippen LogP contribution in [-0.2, 0) is 9.59 Å². The van der Waals surface area contributed by atoms with Crippen molar-refractivity contribution in [1.82, 2.24) is 15.1 Å². The van der Waals surface area contributed by atoms with Crippen LogP contribution in [0.4, 0.5) is 10.5 Å². The number of benzene rings is 1. The second-order valence-electron chi connectivity index (χ2n) is 6.12. The smallest absolute Gasteiger partial charge is 0.321 e. The first-order valence-electron chi connectivity index (χ1n) is 8.32. The van der Waals surface area contributed by atoms with Gasteiger partial charge in [0.05, 0.1) is 0 Å². The van der Waals surface area contributed by atoms with Gasteiger partial charge in [-0.3, -0.25) is 9.59 Å². The van der Waals surface area contributed by atoms with Gasteiger partial charge in [0, 0.05) is 38.3 Å². The number of amides is 4. The van der Waals surface area contributed by atoms with Crippen LogP contribution >= 0.6 is 0 Å². The summed E-state index contributed by atoms with van der Waals surface area (Å²) in [5, 5.41) is 5.59. The maximum Gasteiger partial charge on any atom is 0.321 e. The highest BCUT2D eigenvalue weighted by molar-refractivity contribution is 5.91. The third-order valence-electron chi connectivity index (χ3n) is 4.41. The van der Waals surface area contributed by atoms with E-state index in [1.165, 1.54) is 0 Å². The van der Waals surface area contributed by atoms with Crippen molar-refractivity contribution in [3.63, 3.8) is 0 Å². The molecular formula is C17H22N4O3. The molecular weight excluding hydrogens is 308 g/mol. The summed E-state index contributed by atoms with van der Waals surface area (Å²) in [6, 6.07) is 8.77. The Balaban J connectivity index is 1.54. The van der Waals surface area contributed by atoms with Crippen LogP contribution in [0, 0.1) is 0 Å². The van der Waals surface area contributed by atoms with E-state index in [1.54, 1.807) is 9.80 Å². The molecule has 0 bridgehead atoms. The molecule has 2 aliphatic heterocycles. The molecule has 3 rings (SSSR count). The molecule has 7 nitrogen and oxygen atoms in total. The van der Waals surface area contributed by atoms with E-state index in [9.17, 15) is 14.4 Å². The molecule has 24 heavy (non-hydrogen) atoms. The molecule has 128 valence electrons. The van der Waals surface area contributed by atoms with Crippen molar-refractivity contribution in [3.05, 3.63) is 30.3 Å². The fourth-order valence-corrected chi connectivity index (χ4v) is 3.08. The maximum absolute atomic E-state index is 12.5. The van der Waals surface area contributed by atoms with Gasteiger partial charge in [-0.05, 0) is 25.0 Å². The molecule has 0 spiro atoms. The SMILES string of the molecule is O=C1CCC(C(=O)N2CCCN(C(=O)Nc3ccccc3)CC2)N1. The van der Waals surface area contributed by atoms with Crippen molar-refractivity contribution in [2.24, 2.45) is 0 Å². The summed E-state index contributed by atoms with van der Waals surface area (Å²) in [5.41, 5.74) is 0.758. The van der Waals surface area contributed by atoms with E-state index < -0.39 is 6.04 Å². The summed E-state index contributed by atoms with van der Waals surface area (Å²) in [4.78, 5) is 39.6. The first-order chi connectivity index (χ1) is 11.6. The number of nitrogens with zero attached hydrogens (tertiary/aromatic N) is 2. The van der Waals surface area contributed by atoms with Gasteiger partial charge in [0.1, 0.15) is 6.04 Å².